The molecule has 1 aromatic rings. The van der Waals surface area contributed by atoms with E-state index < -0.39 is 6.10 Å². The number of carbonyl (C=O) groups excluding carboxylic acids is 1. The molecule has 0 spiro atoms. The van der Waals surface area contributed by atoms with Gasteiger partial charge in [-0.1, -0.05) is 32.9 Å². The summed E-state index contributed by atoms with van der Waals surface area (Å²) < 4.78 is 5.73. The summed E-state index contributed by atoms with van der Waals surface area (Å²) in [6, 6.07) is 7.25. The fraction of sp³-hybridized carbons (Fsp3) is 0.588. The number of amides is 1. The van der Waals surface area contributed by atoms with Gasteiger partial charge in [-0.2, -0.15) is 0 Å². The molecular formula is C17H25NO3. The molecule has 0 saturated heterocycles. The number of rotatable bonds is 6. The fourth-order valence-corrected chi connectivity index (χ4v) is 1.86. The Labute approximate surface area is 126 Å². The molecule has 2 N–H and O–H groups in total. The van der Waals surface area contributed by atoms with Gasteiger partial charge in [-0.05, 0) is 36.3 Å². The lowest BCUT2D eigenvalue weighted by molar-refractivity contribution is 0.0586. The number of aliphatic hydroxyl groups is 1. The lowest BCUT2D eigenvalue weighted by Crippen LogP contribution is -2.39. The summed E-state index contributed by atoms with van der Waals surface area (Å²) in [6.07, 6.45) is 1.85. The fourth-order valence-electron chi connectivity index (χ4n) is 1.86. The van der Waals surface area contributed by atoms with Crippen LogP contribution in [-0.4, -0.2) is 30.3 Å². The highest BCUT2D eigenvalue weighted by atomic mass is 16.5. The van der Waals surface area contributed by atoms with E-state index in [0.717, 1.165) is 0 Å². The predicted octanol–water partition coefficient (Wildman–Crippen LogP) is 2.61. The summed E-state index contributed by atoms with van der Waals surface area (Å²) in [4.78, 5) is 12.3. The third kappa shape index (κ3) is 4.74. The first-order chi connectivity index (χ1) is 9.88. The molecule has 0 heterocycles. The third-order valence-electron chi connectivity index (χ3n) is 3.76. The summed E-state index contributed by atoms with van der Waals surface area (Å²) >= 11 is 0. The molecule has 116 valence electrons. The van der Waals surface area contributed by atoms with Gasteiger partial charge < -0.3 is 15.2 Å². The maximum atomic E-state index is 12.3. The Morgan fingerprint density at radius 2 is 2.05 bits per heavy atom. The second-order valence-corrected chi connectivity index (χ2v) is 6.84. The van der Waals surface area contributed by atoms with E-state index in [2.05, 4.69) is 5.32 Å². The van der Waals surface area contributed by atoms with Crippen LogP contribution in [0.1, 0.15) is 44.0 Å². The Morgan fingerprint density at radius 1 is 1.38 bits per heavy atom. The number of benzene rings is 1. The summed E-state index contributed by atoms with van der Waals surface area (Å²) in [7, 11) is 0. The molecule has 1 aliphatic carbocycles. The van der Waals surface area contributed by atoms with Gasteiger partial charge in [0.15, 0.2) is 0 Å². The van der Waals surface area contributed by atoms with E-state index >= 15 is 0 Å². The van der Waals surface area contributed by atoms with Crippen molar-refractivity contribution in [2.24, 2.45) is 11.3 Å². The summed E-state index contributed by atoms with van der Waals surface area (Å²) in [5.41, 5.74) is 0.272. The molecule has 1 amide bonds. The standard InChI is InChI=1S/C17H25NO3/c1-17(2,3)15(19)10-18-16(20)13-6-4-5-7-14(13)21-11-12-8-9-12/h4-7,12,15,19H,8-11H2,1-3H3,(H,18,20). The third-order valence-corrected chi connectivity index (χ3v) is 3.76. The molecule has 4 heteroatoms. The average molecular weight is 291 g/mol. The molecule has 1 saturated carbocycles. The van der Waals surface area contributed by atoms with Gasteiger partial charge in [0.25, 0.3) is 5.91 Å². The Kier molecular flexibility index (Phi) is 4.88. The Bertz CT molecular complexity index is 489. The number of aliphatic hydroxyl groups excluding tert-OH is 1. The number of carbonyl (C=O) groups is 1. The molecular weight excluding hydrogens is 266 g/mol. The maximum absolute atomic E-state index is 12.3. The van der Waals surface area contributed by atoms with E-state index in [0.29, 0.717) is 23.8 Å². The number of hydrogen-bond donors (Lipinski definition) is 2. The van der Waals surface area contributed by atoms with Crippen molar-refractivity contribution in [1.82, 2.24) is 5.32 Å². The summed E-state index contributed by atoms with van der Waals surface area (Å²) in [5, 5.41) is 12.8. The molecule has 4 nitrogen and oxygen atoms in total. The second-order valence-electron chi connectivity index (χ2n) is 6.84. The molecule has 1 unspecified atom stereocenters. The van der Waals surface area contributed by atoms with E-state index in [9.17, 15) is 9.90 Å². The van der Waals surface area contributed by atoms with E-state index in [4.69, 9.17) is 4.74 Å². The van der Waals surface area contributed by atoms with Crippen LogP contribution in [-0.2, 0) is 0 Å². The van der Waals surface area contributed by atoms with Crippen molar-refractivity contribution in [3.8, 4) is 5.75 Å². The molecule has 1 aromatic carbocycles. The van der Waals surface area contributed by atoms with E-state index in [1.807, 2.05) is 39.0 Å². The van der Waals surface area contributed by atoms with Crippen molar-refractivity contribution in [3.63, 3.8) is 0 Å². The van der Waals surface area contributed by atoms with Gasteiger partial charge in [0, 0.05) is 6.54 Å². The van der Waals surface area contributed by atoms with Crippen LogP contribution in [0.5, 0.6) is 5.75 Å². The van der Waals surface area contributed by atoms with Crippen molar-refractivity contribution in [3.05, 3.63) is 29.8 Å². The Balaban J connectivity index is 1.94. The molecule has 1 aliphatic rings. The van der Waals surface area contributed by atoms with Crippen LogP contribution in [0.3, 0.4) is 0 Å². The van der Waals surface area contributed by atoms with E-state index in [1.165, 1.54) is 12.8 Å². The van der Waals surface area contributed by atoms with E-state index in [1.54, 1.807) is 6.07 Å². The molecule has 21 heavy (non-hydrogen) atoms. The number of para-hydroxylation sites is 1. The highest BCUT2D eigenvalue weighted by molar-refractivity contribution is 5.96. The first kappa shape index (κ1) is 15.8. The molecule has 1 fully saturated rings. The summed E-state index contributed by atoms with van der Waals surface area (Å²) in [5.74, 6) is 1.06. The van der Waals surface area contributed by atoms with Gasteiger partial charge in [0.05, 0.1) is 18.3 Å². The topological polar surface area (TPSA) is 58.6 Å². The number of nitrogens with one attached hydrogen (secondary N) is 1. The minimum absolute atomic E-state index is 0.204. The van der Waals surface area contributed by atoms with Crippen LogP contribution in [0.15, 0.2) is 24.3 Å². The zero-order chi connectivity index (χ0) is 15.5. The highest BCUT2D eigenvalue weighted by Crippen LogP contribution is 2.30. The lowest BCUT2D eigenvalue weighted by atomic mass is 9.89. The largest absolute Gasteiger partial charge is 0.492 e. The van der Waals surface area contributed by atoms with Crippen molar-refractivity contribution in [1.29, 1.82) is 0 Å². The number of hydrogen-bond acceptors (Lipinski definition) is 3. The van der Waals surface area contributed by atoms with Gasteiger partial charge in [-0.15, -0.1) is 0 Å². The second kappa shape index (κ2) is 6.48. The average Bonchev–Trinajstić information content (AvgIpc) is 3.25. The van der Waals surface area contributed by atoms with Gasteiger partial charge in [0.1, 0.15) is 5.75 Å². The van der Waals surface area contributed by atoms with Gasteiger partial charge >= 0.3 is 0 Å². The van der Waals surface area contributed by atoms with Gasteiger partial charge in [0.2, 0.25) is 0 Å². The van der Waals surface area contributed by atoms with Crippen molar-refractivity contribution in [2.75, 3.05) is 13.2 Å². The van der Waals surface area contributed by atoms with Crippen LogP contribution in [0, 0.1) is 11.3 Å². The van der Waals surface area contributed by atoms with Crippen LogP contribution >= 0.6 is 0 Å². The number of ether oxygens (including phenoxy) is 1. The highest BCUT2D eigenvalue weighted by Gasteiger charge is 2.24. The SMILES string of the molecule is CC(C)(C)C(O)CNC(=O)c1ccccc1OCC1CC1. The molecule has 0 aromatic heterocycles. The van der Waals surface area contributed by atoms with Crippen LogP contribution in [0.2, 0.25) is 0 Å². The zero-order valence-electron chi connectivity index (χ0n) is 13.1. The molecule has 0 radical (unpaired) electrons. The normalized spacial score (nSPS) is 16.4. The maximum Gasteiger partial charge on any atom is 0.255 e. The first-order valence-corrected chi connectivity index (χ1v) is 7.56. The van der Waals surface area contributed by atoms with Crippen molar-refractivity contribution < 1.29 is 14.6 Å². The first-order valence-electron chi connectivity index (χ1n) is 7.56. The summed E-state index contributed by atoms with van der Waals surface area (Å²) in [6.45, 7) is 6.73. The monoisotopic (exact) mass is 291 g/mol. The molecule has 0 aliphatic heterocycles. The Morgan fingerprint density at radius 3 is 2.67 bits per heavy atom. The van der Waals surface area contributed by atoms with Gasteiger partial charge in [-0.25, -0.2) is 0 Å². The molecule has 0 bridgehead atoms. The molecule has 2 rings (SSSR count). The predicted molar refractivity (Wildman–Crippen MR) is 82.5 cm³/mol. The van der Waals surface area contributed by atoms with Crippen LogP contribution in [0.4, 0.5) is 0 Å². The Hall–Kier alpha value is -1.55. The minimum atomic E-state index is -0.582. The van der Waals surface area contributed by atoms with Crippen LogP contribution in [0.25, 0.3) is 0 Å². The van der Waals surface area contributed by atoms with Crippen LogP contribution < -0.4 is 10.1 Å². The van der Waals surface area contributed by atoms with Crippen molar-refractivity contribution >= 4 is 5.91 Å². The zero-order valence-corrected chi connectivity index (χ0v) is 13.1. The van der Waals surface area contributed by atoms with Gasteiger partial charge in [-0.3, -0.25) is 4.79 Å². The lowest BCUT2D eigenvalue weighted by Gasteiger charge is -2.26. The quantitative estimate of drug-likeness (QED) is 0.847. The van der Waals surface area contributed by atoms with E-state index in [-0.39, 0.29) is 17.9 Å². The molecule has 1 atom stereocenters. The smallest absolute Gasteiger partial charge is 0.255 e. The minimum Gasteiger partial charge on any atom is -0.492 e. The van der Waals surface area contributed by atoms with Crippen molar-refractivity contribution in [2.45, 2.75) is 39.7 Å².